The van der Waals surface area contributed by atoms with E-state index in [0.29, 0.717) is 11.8 Å². The van der Waals surface area contributed by atoms with Crippen molar-refractivity contribution in [2.24, 2.45) is 11.8 Å². The lowest BCUT2D eigenvalue weighted by atomic mass is 9.78. The number of hydrogen-bond donors (Lipinski definition) is 2. The van der Waals surface area contributed by atoms with Crippen molar-refractivity contribution < 1.29 is 9.90 Å². The van der Waals surface area contributed by atoms with E-state index >= 15 is 0 Å². The highest BCUT2D eigenvalue weighted by molar-refractivity contribution is 5.73. The third-order valence-corrected chi connectivity index (χ3v) is 3.33. The van der Waals surface area contributed by atoms with Crippen molar-refractivity contribution in [3.63, 3.8) is 0 Å². The largest absolute Gasteiger partial charge is 0.480 e. The topological polar surface area (TPSA) is 49.3 Å². The molecule has 0 aliphatic heterocycles. The molecule has 0 saturated heterocycles. The monoisotopic (exact) mass is 213 g/mol. The molecule has 0 aromatic carbocycles. The number of hydrogen-bond acceptors (Lipinski definition) is 2. The van der Waals surface area contributed by atoms with Gasteiger partial charge in [0.05, 0.1) is 0 Å². The molecule has 1 rings (SSSR count). The quantitative estimate of drug-likeness (QED) is 0.736. The minimum atomic E-state index is -0.678. The molecule has 0 bridgehead atoms. The molecule has 0 heterocycles. The molecule has 0 aromatic heterocycles. The van der Waals surface area contributed by atoms with Crippen molar-refractivity contribution in [2.45, 2.75) is 52.0 Å². The normalized spacial score (nSPS) is 28.7. The van der Waals surface area contributed by atoms with Crippen LogP contribution in [0.4, 0.5) is 0 Å². The smallest absolute Gasteiger partial charge is 0.320 e. The van der Waals surface area contributed by atoms with Gasteiger partial charge in [-0.3, -0.25) is 4.79 Å². The fourth-order valence-electron chi connectivity index (χ4n) is 2.54. The maximum Gasteiger partial charge on any atom is 0.320 e. The molecule has 0 radical (unpaired) electrons. The van der Waals surface area contributed by atoms with Crippen LogP contribution >= 0.6 is 0 Å². The maximum absolute atomic E-state index is 11.1. The van der Waals surface area contributed by atoms with Crippen LogP contribution in [0.25, 0.3) is 0 Å². The fourth-order valence-corrected chi connectivity index (χ4v) is 2.54. The first kappa shape index (κ1) is 12.5. The molecule has 1 aliphatic rings. The molecule has 15 heavy (non-hydrogen) atoms. The van der Waals surface area contributed by atoms with Gasteiger partial charge in [0.25, 0.3) is 0 Å². The Hall–Kier alpha value is -0.570. The van der Waals surface area contributed by atoms with Crippen LogP contribution in [-0.2, 0) is 4.79 Å². The molecule has 3 atom stereocenters. The summed E-state index contributed by atoms with van der Waals surface area (Å²) < 4.78 is 0. The van der Waals surface area contributed by atoms with Gasteiger partial charge in [0, 0.05) is 0 Å². The summed E-state index contributed by atoms with van der Waals surface area (Å²) in [7, 11) is 0. The Morgan fingerprint density at radius 1 is 1.53 bits per heavy atom. The van der Waals surface area contributed by atoms with Crippen LogP contribution in [0.1, 0.15) is 46.0 Å². The summed E-state index contributed by atoms with van der Waals surface area (Å²) in [6, 6.07) is -0.326. The molecule has 1 saturated carbocycles. The van der Waals surface area contributed by atoms with E-state index in [1.54, 1.807) is 0 Å². The van der Waals surface area contributed by atoms with Crippen LogP contribution in [0.5, 0.6) is 0 Å². The van der Waals surface area contributed by atoms with Crippen molar-refractivity contribution in [3.05, 3.63) is 0 Å². The van der Waals surface area contributed by atoms with E-state index in [0.717, 1.165) is 25.8 Å². The van der Waals surface area contributed by atoms with Gasteiger partial charge in [-0.2, -0.15) is 0 Å². The Morgan fingerprint density at radius 3 is 2.80 bits per heavy atom. The molecule has 3 nitrogen and oxygen atoms in total. The molecule has 2 N–H and O–H groups in total. The lowest BCUT2D eigenvalue weighted by Crippen LogP contribution is -2.44. The van der Waals surface area contributed by atoms with E-state index in [-0.39, 0.29) is 6.04 Å². The zero-order chi connectivity index (χ0) is 11.3. The van der Waals surface area contributed by atoms with Gasteiger partial charge in [-0.25, -0.2) is 0 Å². The van der Waals surface area contributed by atoms with E-state index < -0.39 is 5.97 Å². The lowest BCUT2D eigenvalue weighted by Gasteiger charge is -2.31. The van der Waals surface area contributed by atoms with Gasteiger partial charge in [-0.1, -0.05) is 26.7 Å². The van der Waals surface area contributed by atoms with Gasteiger partial charge in [-0.15, -0.1) is 0 Å². The summed E-state index contributed by atoms with van der Waals surface area (Å²) in [6.07, 6.45) is 5.57. The number of aliphatic carboxylic acids is 1. The van der Waals surface area contributed by atoms with Crippen LogP contribution in [0.2, 0.25) is 0 Å². The highest BCUT2D eigenvalue weighted by atomic mass is 16.4. The Morgan fingerprint density at radius 2 is 2.27 bits per heavy atom. The van der Waals surface area contributed by atoms with Crippen LogP contribution in [0.3, 0.4) is 0 Å². The molecule has 88 valence electrons. The highest BCUT2D eigenvalue weighted by Crippen LogP contribution is 2.30. The second-order valence-electron chi connectivity index (χ2n) is 4.80. The SMILES string of the molecule is CCCNC(C(=O)O)C1CCCC(C)C1. The first-order chi connectivity index (χ1) is 7.15. The van der Waals surface area contributed by atoms with E-state index in [1.807, 2.05) is 0 Å². The van der Waals surface area contributed by atoms with E-state index in [9.17, 15) is 9.90 Å². The van der Waals surface area contributed by atoms with Gasteiger partial charge >= 0.3 is 5.97 Å². The molecule has 0 amide bonds. The molecule has 3 heteroatoms. The van der Waals surface area contributed by atoms with Crippen LogP contribution < -0.4 is 5.32 Å². The van der Waals surface area contributed by atoms with Crippen LogP contribution in [0.15, 0.2) is 0 Å². The second kappa shape index (κ2) is 6.11. The molecule has 1 fully saturated rings. The third kappa shape index (κ3) is 3.82. The average Bonchev–Trinajstić information content (AvgIpc) is 2.18. The molecular weight excluding hydrogens is 190 g/mol. The van der Waals surface area contributed by atoms with Crippen molar-refractivity contribution in [2.75, 3.05) is 6.54 Å². The Kier molecular flexibility index (Phi) is 5.09. The summed E-state index contributed by atoms with van der Waals surface area (Å²) in [5, 5.41) is 12.3. The predicted octanol–water partition coefficient (Wildman–Crippen LogP) is 2.27. The molecule has 0 aromatic rings. The highest BCUT2D eigenvalue weighted by Gasteiger charge is 2.30. The van der Waals surface area contributed by atoms with Gasteiger partial charge in [0.1, 0.15) is 6.04 Å². The minimum absolute atomic E-state index is 0.326. The summed E-state index contributed by atoms with van der Waals surface area (Å²) in [5.41, 5.74) is 0. The number of carboxylic acid groups (broad SMARTS) is 1. The average molecular weight is 213 g/mol. The number of nitrogens with one attached hydrogen (secondary N) is 1. The minimum Gasteiger partial charge on any atom is -0.480 e. The Labute approximate surface area is 92.3 Å². The summed E-state index contributed by atoms with van der Waals surface area (Å²) in [4.78, 5) is 11.1. The van der Waals surface area contributed by atoms with Crippen molar-refractivity contribution >= 4 is 5.97 Å². The summed E-state index contributed by atoms with van der Waals surface area (Å²) in [6.45, 7) is 5.10. The van der Waals surface area contributed by atoms with Crippen molar-refractivity contribution in [1.82, 2.24) is 5.32 Å². The van der Waals surface area contributed by atoms with Gasteiger partial charge < -0.3 is 10.4 Å². The lowest BCUT2D eigenvalue weighted by molar-refractivity contribution is -0.141. The first-order valence-electron chi connectivity index (χ1n) is 6.11. The van der Waals surface area contributed by atoms with Crippen LogP contribution in [-0.4, -0.2) is 23.7 Å². The Balaban J connectivity index is 2.50. The van der Waals surface area contributed by atoms with E-state index in [2.05, 4.69) is 19.2 Å². The molecular formula is C12H23NO2. The number of carbonyl (C=O) groups is 1. The predicted molar refractivity (Wildman–Crippen MR) is 60.8 cm³/mol. The standard InChI is InChI=1S/C12H23NO2/c1-3-7-13-11(12(14)15)10-6-4-5-9(2)8-10/h9-11,13H,3-8H2,1-2H3,(H,14,15). The zero-order valence-electron chi connectivity index (χ0n) is 9.83. The molecule has 0 spiro atoms. The number of rotatable bonds is 5. The van der Waals surface area contributed by atoms with E-state index in [1.165, 1.54) is 12.8 Å². The second-order valence-corrected chi connectivity index (χ2v) is 4.80. The van der Waals surface area contributed by atoms with Crippen LogP contribution in [0, 0.1) is 11.8 Å². The zero-order valence-corrected chi connectivity index (χ0v) is 9.83. The molecule has 3 unspecified atom stereocenters. The summed E-state index contributed by atoms with van der Waals surface area (Å²) in [5.74, 6) is 0.342. The fraction of sp³-hybridized carbons (Fsp3) is 0.917. The van der Waals surface area contributed by atoms with Gasteiger partial charge in [-0.05, 0) is 37.6 Å². The third-order valence-electron chi connectivity index (χ3n) is 3.33. The van der Waals surface area contributed by atoms with Gasteiger partial charge in [0.2, 0.25) is 0 Å². The number of carboxylic acids is 1. The van der Waals surface area contributed by atoms with E-state index in [4.69, 9.17) is 0 Å². The van der Waals surface area contributed by atoms with Crippen molar-refractivity contribution in [3.8, 4) is 0 Å². The van der Waals surface area contributed by atoms with Crippen molar-refractivity contribution in [1.29, 1.82) is 0 Å². The van der Waals surface area contributed by atoms with Gasteiger partial charge in [0.15, 0.2) is 0 Å². The summed E-state index contributed by atoms with van der Waals surface area (Å²) >= 11 is 0. The first-order valence-corrected chi connectivity index (χ1v) is 6.11. The maximum atomic E-state index is 11.1. The Bertz CT molecular complexity index is 206. The molecule has 1 aliphatic carbocycles.